The van der Waals surface area contributed by atoms with Gasteiger partial charge in [0.05, 0.1) is 27.4 Å². The van der Waals surface area contributed by atoms with Crippen molar-refractivity contribution in [3.05, 3.63) is 65.5 Å². The number of nitrogens with zero attached hydrogens (tertiary/aromatic N) is 2. The number of ether oxygens (including phenoxy) is 3. The molecule has 2 N–H and O–H groups in total. The molecule has 0 radical (unpaired) electrons. The van der Waals surface area contributed by atoms with Crippen LogP contribution < -0.4 is 20.1 Å². The van der Waals surface area contributed by atoms with Gasteiger partial charge in [0.1, 0.15) is 5.70 Å². The molecule has 0 atom stereocenters. The van der Waals surface area contributed by atoms with Crippen molar-refractivity contribution in [3.63, 3.8) is 0 Å². The number of benzene rings is 2. The molecule has 0 unspecified atom stereocenters. The number of hydrogen-bond acceptors (Lipinski definition) is 6. The van der Waals surface area contributed by atoms with Crippen molar-refractivity contribution in [1.82, 2.24) is 20.1 Å². The number of fused-ring (bicyclic) bond motifs is 1. The predicted octanol–water partition coefficient (Wildman–Crippen LogP) is 2.41. The van der Waals surface area contributed by atoms with Crippen LogP contribution in [0.2, 0.25) is 0 Å². The first-order valence-corrected chi connectivity index (χ1v) is 11.9. The molecule has 2 heterocycles. The SMILES string of the molecule is COc1ccc(C(=O)NC(=Cc2cn(C)c3ccccc23)C(=O)NCCN2CCOCC2)cc1OC. The number of para-hydroxylation sites is 1. The Kier molecular flexibility index (Phi) is 8.24. The second kappa shape index (κ2) is 11.7. The van der Waals surface area contributed by atoms with Gasteiger partial charge in [0.15, 0.2) is 11.5 Å². The van der Waals surface area contributed by atoms with Crippen LogP contribution in [0.25, 0.3) is 17.0 Å². The van der Waals surface area contributed by atoms with Crippen LogP contribution in [0.5, 0.6) is 11.5 Å². The molecule has 1 fully saturated rings. The molecule has 0 aliphatic carbocycles. The smallest absolute Gasteiger partial charge is 0.267 e. The number of carbonyl (C=O) groups is 2. The zero-order chi connectivity index (χ0) is 25.5. The molecule has 1 saturated heterocycles. The molecule has 1 aliphatic rings. The summed E-state index contributed by atoms with van der Waals surface area (Å²) in [7, 11) is 4.99. The second-order valence-electron chi connectivity index (χ2n) is 8.50. The first kappa shape index (κ1) is 25.3. The van der Waals surface area contributed by atoms with Gasteiger partial charge in [0.25, 0.3) is 11.8 Å². The van der Waals surface area contributed by atoms with Gasteiger partial charge >= 0.3 is 0 Å². The molecular weight excluding hydrogens is 460 g/mol. The van der Waals surface area contributed by atoms with E-state index >= 15 is 0 Å². The van der Waals surface area contributed by atoms with Gasteiger partial charge in [-0.3, -0.25) is 14.5 Å². The molecule has 2 aromatic carbocycles. The largest absolute Gasteiger partial charge is 0.493 e. The van der Waals surface area contributed by atoms with Crippen LogP contribution >= 0.6 is 0 Å². The van der Waals surface area contributed by atoms with Crippen molar-refractivity contribution in [1.29, 1.82) is 0 Å². The Morgan fingerprint density at radius 1 is 1.06 bits per heavy atom. The summed E-state index contributed by atoms with van der Waals surface area (Å²) in [4.78, 5) is 28.6. The van der Waals surface area contributed by atoms with E-state index in [4.69, 9.17) is 14.2 Å². The lowest BCUT2D eigenvalue weighted by atomic mass is 10.1. The third kappa shape index (κ3) is 5.87. The van der Waals surface area contributed by atoms with Gasteiger partial charge in [0, 0.05) is 61.5 Å². The lowest BCUT2D eigenvalue weighted by Crippen LogP contribution is -2.42. The van der Waals surface area contributed by atoms with E-state index in [1.807, 2.05) is 42.1 Å². The van der Waals surface area contributed by atoms with E-state index in [-0.39, 0.29) is 11.6 Å². The summed E-state index contributed by atoms with van der Waals surface area (Å²) in [5.74, 6) is 0.164. The minimum atomic E-state index is -0.425. The molecule has 0 saturated carbocycles. The first-order valence-electron chi connectivity index (χ1n) is 11.9. The van der Waals surface area contributed by atoms with Crippen molar-refractivity contribution in [2.45, 2.75) is 0 Å². The number of aryl methyl sites for hydroxylation is 1. The topological polar surface area (TPSA) is 94.1 Å². The van der Waals surface area contributed by atoms with Crippen molar-refractivity contribution < 1.29 is 23.8 Å². The van der Waals surface area contributed by atoms with Crippen LogP contribution in [-0.2, 0) is 16.6 Å². The van der Waals surface area contributed by atoms with Crippen LogP contribution in [0, 0.1) is 0 Å². The Morgan fingerprint density at radius 3 is 2.56 bits per heavy atom. The summed E-state index contributed by atoms with van der Waals surface area (Å²) >= 11 is 0. The zero-order valence-electron chi connectivity index (χ0n) is 20.9. The van der Waals surface area contributed by atoms with E-state index in [1.54, 1.807) is 24.3 Å². The fourth-order valence-corrected chi connectivity index (χ4v) is 4.22. The average Bonchev–Trinajstić information content (AvgIpc) is 3.23. The fraction of sp³-hybridized carbons (Fsp3) is 0.333. The molecule has 1 aliphatic heterocycles. The molecule has 3 aromatic rings. The van der Waals surface area contributed by atoms with Crippen LogP contribution in [-0.4, -0.2) is 74.9 Å². The standard InChI is InChI=1S/C27H32N4O5/c1-30-18-20(21-6-4-5-7-23(21)30)16-22(27(33)28-10-11-31-12-14-36-15-13-31)29-26(32)19-8-9-24(34-2)25(17-19)35-3/h4-9,16-18H,10-15H2,1-3H3,(H,28,33)(H,29,32). The molecule has 190 valence electrons. The highest BCUT2D eigenvalue weighted by atomic mass is 16.5. The number of amides is 2. The van der Waals surface area contributed by atoms with E-state index in [9.17, 15) is 9.59 Å². The summed E-state index contributed by atoms with van der Waals surface area (Å²) in [6, 6.07) is 12.8. The van der Waals surface area contributed by atoms with Crippen molar-refractivity contribution in [2.24, 2.45) is 7.05 Å². The summed E-state index contributed by atoms with van der Waals surface area (Å²) in [5.41, 5.74) is 2.37. The Morgan fingerprint density at radius 2 is 1.81 bits per heavy atom. The zero-order valence-corrected chi connectivity index (χ0v) is 20.9. The molecule has 36 heavy (non-hydrogen) atoms. The van der Waals surface area contributed by atoms with Crippen LogP contribution in [0.15, 0.2) is 54.4 Å². The highest BCUT2D eigenvalue weighted by molar-refractivity contribution is 6.06. The molecule has 9 heteroatoms. The van der Waals surface area contributed by atoms with Crippen LogP contribution in [0.3, 0.4) is 0 Å². The summed E-state index contributed by atoms with van der Waals surface area (Å²) in [5, 5.41) is 6.74. The maximum atomic E-state index is 13.2. The summed E-state index contributed by atoms with van der Waals surface area (Å²) < 4.78 is 18.0. The summed E-state index contributed by atoms with van der Waals surface area (Å²) in [6.45, 7) is 4.23. The monoisotopic (exact) mass is 492 g/mol. The van der Waals surface area contributed by atoms with Crippen LogP contribution in [0.4, 0.5) is 0 Å². The van der Waals surface area contributed by atoms with Gasteiger partial charge in [-0.2, -0.15) is 0 Å². The number of hydrogen-bond donors (Lipinski definition) is 2. The molecular formula is C27H32N4O5. The minimum Gasteiger partial charge on any atom is -0.493 e. The number of rotatable bonds is 9. The quantitative estimate of drug-likeness (QED) is 0.446. The highest BCUT2D eigenvalue weighted by Gasteiger charge is 2.18. The third-order valence-corrected chi connectivity index (χ3v) is 6.18. The number of methoxy groups -OCH3 is 2. The maximum Gasteiger partial charge on any atom is 0.267 e. The van der Waals surface area contributed by atoms with Gasteiger partial charge in [-0.1, -0.05) is 18.2 Å². The van der Waals surface area contributed by atoms with Gasteiger partial charge in [-0.15, -0.1) is 0 Å². The number of carbonyl (C=O) groups excluding carboxylic acids is 2. The minimum absolute atomic E-state index is 0.160. The molecule has 9 nitrogen and oxygen atoms in total. The van der Waals surface area contributed by atoms with Gasteiger partial charge < -0.3 is 29.4 Å². The van der Waals surface area contributed by atoms with Crippen molar-refractivity contribution >= 4 is 28.8 Å². The van der Waals surface area contributed by atoms with Crippen molar-refractivity contribution in [2.75, 3.05) is 53.6 Å². The third-order valence-electron chi connectivity index (χ3n) is 6.18. The number of aromatic nitrogens is 1. The van der Waals surface area contributed by atoms with Crippen molar-refractivity contribution in [3.8, 4) is 11.5 Å². The van der Waals surface area contributed by atoms with E-state index in [1.165, 1.54) is 14.2 Å². The Balaban J connectivity index is 1.58. The highest BCUT2D eigenvalue weighted by Crippen LogP contribution is 2.28. The molecule has 4 rings (SSSR count). The van der Waals surface area contributed by atoms with E-state index in [0.717, 1.165) is 29.6 Å². The maximum absolute atomic E-state index is 13.2. The predicted molar refractivity (Wildman–Crippen MR) is 138 cm³/mol. The fourth-order valence-electron chi connectivity index (χ4n) is 4.22. The average molecular weight is 493 g/mol. The normalized spacial score (nSPS) is 14.5. The van der Waals surface area contributed by atoms with Crippen LogP contribution in [0.1, 0.15) is 15.9 Å². The lowest BCUT2D eigenvalue weighted by molar-refractivity contribution is -0.117. The molecule has 2 amide bonds. The van der Waals surface area contributed by atoms with Gasteiger partial charge in [0.2, 0.25) is 0 Å². The second-order valence-corrected chi connectivity index (χ2v) is 8.50. The van der Waals surface area contributed by atoms with E-state index < -0.39 is 5.91 Å². The number of morpholine rings is 1. The summed E-state index contributed by atoms with van der Waals surface area (Å²) in [6.07, 6.45) is 3.65. The van der Waals surface area contributed by atoms with E-state index in [2.05, 4.69) is 15.5 Å². The molecule has 0 bridgehead atoms. The Bertz CT molecular complexity index is 1260. The van der Waals surface area contributed by atoms with Gasteiger partial charge in [-0.25, -0.2) is 0 Å². The van der Waals surface area contributed by atoms with Gasteiger partial charge in [-0.05, 0) is 30.3 Å². The first-order chi connectivity index (χ1) is 17.5. The van der Waals surface area contributed by atoms with E-state index in [0.29, 0.717) is 43.4 Å². The molecule has 0 spiro atoms. The Labute approximate surface area is 210 Å². The lowest BCUT2D eigenvalue weighted by Gasteiger charge is -2.26. The molecule has 1 aromatic heterocycles. The Hall–Kier alpha value is -3.82. The number of nitrogens with one attached hydrogen (secondary N) is 2.